The maximum Gasteiger partial charge on any atom is 0.168 e. The number of hydrogen-bond acceptors (Lipinski definition) is 3. The fourth-order valence-electron chi connectivity index (χ4n) is 3.59. The predicted octanol–water partition coefficient (Wildman–Crippen LogP) is 4.20. The number of aliphatic hydroxyl groups is 1. The van der Waals surface area contributed by atoms with Gasteiger partial charge in [-0.1, -0.05) is 80.6 Å². The number of pyridine rings is 1. The van der Waals surface area contributed by atoms with Gasteiger partial charge < -0.3 is 9.53 Å². The highest BCUT2D eigenvalue weighted by molar-refractivity contribution is 6.32. The summed E-state index contributed by atoms with van der Waals surface area (Å²) in [4.78, 5) is 4.42. The normalized spacial score (nSPS) is 12.1. The molecule has 0 aliphatic heterocycles. The molecule has 3 rings (SSSR count). The third-order valence-electron chi connectivity index (χ3n) is 4.80. The topological polar surface area (TPSA) is 42.4 Å². The molecule has 1 heterocycles. The first-order valence-electron chi connectivity index (χ1n) is 9.33. The molecule has 4 heteroatoms. The fourth-order valence-corrected chi connectivity index (χ4v) is 5.06. The number of benzene rings is 2. The van der Waals surface area contributed by atoms with Gasteiger partial charge in [0.1, 0.15) is 0 Å². The summed E-state index contributed by atoms with van der Waals surface area (Å²) in [5.41, 5.74) is 4.21. The smallest absolute Gasteiger partial charge is 0.168 e. The zero-order chi connectivity index (χ0) is 19.1. The van der Waals surface area contributed by atoms with Crippen LogP contribution in [-0.4, -0.2) is 19.9 Å². The lowest BCUT2D eigenvalue weighted by Crippen LogP contribution is -2.25. The molecule has 0 aliphatic rings. The van der Waals surface area contributed by atoms with Crippen LogP contribution < -0.4 is 0 Å². The predicted molar refractivity (Wildman–Crippen MR) is 112 cm³/mol. The van der Waals surface area contributed by atoms with Gasteiger partial charge in [0, 0.05) is 5.92 Å². The van der Waals surface area contributed by atoms with Crippen molar-refractivity contribution < 1.29 is 9.53 Å². The monoisotopic (exact) mass is 377 g/mol. The number of nitrogens with zero attached hydrogens (tertiary/aromatic N) is 1. The summed E-state index contributed by atoms with van der Waals surface area (Å²) in [6.07, 6.45) is 0. The molecule has 1 aromatic heterocycles. The Balaban J connectivity index is 1.76. The summed E-state index contributed by atoms with van der Waals surface area (Å²) in [7, 11) is -0.861. The van der Waals surface area contributed by atoms with Crippen LogP contribution in [0.5, 0.6) is 0 Å². The van der Waals surface area contributed by atoms with Crippen molar-refractivity contribution in [3.63, 3.8) is 0 Å². The highest BCUT2D eigenvalue weighted by atomic mass is 28.2. The molecule has 0 amide bonds. The molecular formula is C23H27NO2Si. The van der Waals surface area contributed by atoms with Crippen molar-refractivity contribution in [1.82, 2.24) is 4.98 Å². The van der Waals surface area contributed by atoms with Gasteiger partial charge in [0.25, 0.3) is 0 Å². The maximum atomic E-state index is 9.25. The molecule has 0 atom stereocenters. The molecule has 1 N–H and O–H groups in total. The van der Waals surface area contributed by atoms with Crippen molar-refractivity contribution in [3.05, 3.63) is 101 Å². The molecule has 0 unspecified atom stereocenters. The van der Waals surface area contributed by atoms with Gasteiger partial charge in [0.05, 0.1) is 24.6 Å². The zero-order valence-electron chi connectivity index (χ0n) is 16.0. The number of hydrogen-bond donors (Lipinski definition) is 1. The van der Waals surface area contributed by atoms with Crippen molar-refractivity contribution >= 4 is 9.76 Å². The first-order valence-corrected chi connectivity index (χ1v) is 10.6. The second-order valence-corrected chi connectivity index (χ2v) is 10.0. The number of rotatable bonds is 8. The van der Waals surface area contributed by atoms with E-state index < -0.39 is 9.76 Å². The second kappa shape index (κ2) is 9.09. The summed E-state index contributed by atoms with van der Waals surface area (Å²) in [5, 5.41) is 9.29. The molecule has 0 spiro atoms. The van der Waals surface area contributed by atoms with E-state index in [4.69, 9.17) is 4.43 Å². The SMILES string of the molecule is CC(C)([SiH2]OCc1cccc(CO)n1)C(c1ccccc1)c1ccccc1. The lowest BCUT2D eigenvalue weighted by Gasteiger charge is -2.34. The molecule has 3 aromatic rings. The molecule has 27 heavy (non-hydrogen) atoms. The van der Waals surface area contributed by atoms with Crippen LogP contribution in [-0.2, 0) is 17.6 Å². The first kappa shape index (κ1) is 19.5. The minimum absolute atomic E-state index is 0.0390. The summed E-state index contributed by atoms with van der Waals surface area (Å²) < 4.78 is 6.20. The minimum Gasteiger partial charge on any atom is -0.418 e. The maximum absolute atomic E-state index is 9.25. The van der Waals surface area contributed by atoms with E-state index in [0.29, 0.717) is 18.2 Å². The van der Waals surface area contributed by atoms with Gasteiger partial charge in [-0.05, 0) is 28.3 Å². The summed E-state index contributed by atoms with van der Waals surface area (Å²) in [5.74, 6) is 0.295. The van der Waals surface area contributed by atoms with E-state index in [0.717, 1.165) is 5.69 Å². The van der Waals surface area contributed by atoms with E-state index in [2.05, 4.69) is 79.5 Å². The minimum atomic E-state index is -0.861. The van der Waals surface area contributed by atoms with Crippen molar-refractivity contribution in [2.75, 3.05) is 0 Å². The molecule has 0 aliphatic carbocycles. The van der Waals surface area contributed by atoms with E-state index in [1.807, 2.05) is 18.2 Å². The summed E-state index contributed by atoms with van der Waals surface area (Å²) >= 11 is 0. The third kappa shape index (κ3) is 5.13. The quantitative estimate of drug-likeness (QED) is 0.598. The van der Waals surface area contributed by atoms with Crippen LogP contribution in [0.1, 0.15) is 42.3 Å². The molecule has 2 aromatic carbocycles. The van der Waals surface area contributed by atoms with Crippen molar-refractivity contribution in [3.8, 4) is 0 Å². The third-order valence-corrected chi connectivity index (χ3v) is 6.36. The van der Waals surface area contributed by atoms with E-state index in [9.17, 15) is 5.11 Å². The van der Waals surface area contributed by atoms with Crippen LogP contribution in [0.15, 0.2) is 78.9 Å². The fraction of sp³-hybridized carbons (Fsp3) is 0.261. The lowest BCUT2D eigenvalue weighted by molar-refractivity contribution is 0.272. The molecule has 0 fully saturated rings. The second-order valence-electron chi connectivity index (χ2n) is 7.51. The van der Waals surface area contributed by atoms with Gasteiger partial charge in [-0.3, -0.25) is 4.98 Å². The first-order chi connectivity index (χ1) is 13.1. The van der Waals surface area contributed by atoms with Gasteiger partial charge in [-0.2, -0.15) is 0 Å². The van der Waals surface area contributed by atoms with Gasteiger partial charge in [0.2, 0.25) is 0 Å². The van der Waals surface area contributed by atoms with Crippen molar-refractivity contribution in [1.29, 1.82) is 0 Å². The zero-order valence-corrected chi connectivity index (χ0v) is 17.4. The Morgan fingerprint density at radius 2 is 1.41 bits per heavy atom. The number of aliphatic hydroxyl groups excluding tert-OH is 1. The Morgan fingerprint density at radius 3 is 1.96 bits per heavy atom. The highest BCUT2D eigenvalue weighted by Gasteiger charge is 2.33. The Kier molecular flexibility index (Phi) is 6.56. The Morgan fingerprint density at radius 1 is 0.852 bits per heavy atom. The highest BCUT2D eigenvalue weighted by Crippen LogP contribution is 2.45. The Labute approximate surface area is 164 Å². The van der Waals surface area contributed by atoms with Crippen LogP contribution in [0.2, 0.25) is 5.04 Å². The largest absolute Gasteiger partial charge is 0.418 e. The van der Waals surface area contributed by atoms with E-state index in [-0.39, 0.29) is 11.6 Å². The molecule has 0 saturated heterocycles. The molecule has 140 valence electrons. The molecule has 0 saturated carbocycles. The standard InChI is InChI=1S/C23H27NO2Si/c1-23(2,27-26-17-21-15-9-14-20(16-25)24-21)22(18-10-5-3-6-11-18)19-12-7-4-8-13-19/h3-15,22,25H,16-17,27H2,1-2H3. The molecule has 3 nitrogen and oxygen atoms in total. The number of aromatic nitrogens is 1. The van der Waals surface area contributed by atoms with E-state index >= 15 is 0 Å². The lowest BCUT2D eigenvalue weighted by atomic mass is 9.82. The van der Waals surface area contributed by atoms with E-state index in [1.54, 1.807) is 0 Å². The molecule has 0 bridgehead atoms. The average molecular weight is 378 g/mol. The van der Waals surface area contributed by atoms with Gasteiger partial charge in [-0.15, -0.1) is 0 Å². The Bertz CT molecular complexity index is 798. The van der Waals surface area contributed by atoms with Gasteiger partial charge in [-0.25, -0.2) is 0 Å². The van der Waals surface area contributed by atoms with Gasteiger partial charge in [0.15, 0.2) is 9.76 Å². The van der Waals surface area contributed by atoms with Crippen LogP contribution in [0.4, 0.5) is 0 Å². The van der Waals surface area contributed by atoms with Crippen molar-refractivity contribution in [2.24, 2.45) is 0 Å². The average Bonchev–Trinajstić information content (AvgIpc) is 2.69. The van der Waals surface area contributed by atoms with Gasteiger partial charge >= 0.3 is 0 Å². The summed E-state index contributed by atoms with van der Waals surface area (Å²) in [6.45, 7) is 5.07. The van der Waals surface area contributed by atoms with Crippen molar-refractivity contribution in [2.45, 2.75) is 38.0 Å². The molecule has 0 radical (unpaired) electrons. The van der Waals surface area contributed by atoms with Crippen LogP contribution in [0.25, 0.3) is 0 Å². The Hall–Kier alpha value is -2.27. The van der Waals surface area contributed by atoms with Crippen LogP contribution >= 0.6 is 0 Å². The summed E-state index contributed by atoms with van der Waals surface area (Å²) in [6, 6.07) is 27.1. The molecular weight excluding hydrogens is 350 g/mol. The van der Waals surface area contributed by atoms with Crippen LogP contribution in [0.3, 0.4) is 0 Å². The van der Waals surface area contributed by atoms with E-state index in [1.165, 1.54) is 11.1 Å². The van der Waals surface area contributed by atoms with Crippen LogP contribution in [0, 0.1) is 0 Å².